The maximum Gasteiger partial charge on any atom is 0.235 e. The molecule has 0 saturated heterocycles. The lowest BCUT2D eigenvalue weighted by atomic mass is 9.72. The summed E-state index contributed by atoms with van der Waals surface area (Å²) in [4.78, 5) is 14.7. The molecule has 1 aromatic rings. The quantitative estimate of drug-likeness (QED) is 0.610. The van der Waals surface area contributed by atoms with Gasteiger partial charge in [0.05, 0.1) is 18.8 Å². The molecule has 0 spiro atoms. The van der Waals surface area contributed by atoms with Crippen LogP contribution in [0.15, 0.2) is 23.2 Å². The molecule has 106 valence electrons. The molecule has 2 aliphatic carbocycles. The molecule has 3 rings (SSSR count). The standard InChI is InChI=1S/C16H19NO3/c1-19-14-7-6-12(16(17-11-18)8-3-9-16)10-15(14)20-13-4-2-5-13/h6-7,10,13H,2-5,8-9H2,1H3. The van der Waals surface area contributed by atoms with Gasteiger partial charge in [0.15, 0.2) is 11.5 Å². The van der Waals surface area contributed by atoms with Crippen molar-refractivity contribution in [3.8, 4) is 11.5 Å². The zero-order valence-electron chi connectivity index (χ0n) is 11.7. The van der Waals surface area contributed by atoms with Crippen LogP contribution in [0.3, 0.4) is 0 Å². The van der Waals surface area contributed by atoms with Crippen molar-refractivity contribution in [3.63, 3.8) is 0 Å². The van der Waals surface area contributed by atoms with Crippen LogP contribution in [0.2, 0.25) is 0 Å². The van der Waals surface area contributed by atoms with E-state index in [9.17, 15) is 4.79 Å². The van der Waals surface area contributed by atoms with E-state index in [4.69, 9.17) is 9.47 Å². The monoisotopic (exact) mass is 273 g/mol. The lowest BCUT2D eigenvalue weighted by molar-refractivity contribution is 0.115. The Morgan fingerprint density at radius 3 is 2.55 bits per heavy atom. The highest BCUT2D eigenvalue weighted by molar-refractivity contribution is 5.47. The van der Waals surface area contributed by atoms with E-state index in [-0.39, 0.29) is 5.54 Å². The fraction of sp³-hybridized carbons (Fsp3) is 0.562. The molecule has 2 aliphatic rings. The van der Waals surface area contributed by atoms with Crippen molar-refractivity contribution in [1.82, 2.24) is 0 Å². The number of benzene rings is 1. The van der Waals surface area contributed by atoms with Crippen molar-refractivity contribution in [3.05, 3.63) is 23.8 Å². The van der Waals surface area contributed by atoms with Gasteiger partial charge in [-0.05, 0) is 56.2 Å². The van der Waals surface area contributed by atoms with Crippen LogP contribution in [0.5, 0.6) is 11.5 Å². The van der Waals surface area contributed by atoms with E-state index in [1.165, 1.54) is 6.42 Å². The third-order valence-corrected chi connectivity index (χ3v) is 4.49. The molecular formula is C16H19NO3. The molecule has 0 amide bonds. The van der Waals surface area contributed by atoms with E-state index in [0.29, 0.717) is 6.10 Å². The second-order valence-corrected chi connectivity index (χ2v) is 5.62. The third kappa shape index (κ3) is 2.20. The van der Waals surface area contributed by atoms with Crippen molar-refractivity contribution in [2.75, 3.05) is 7.11 Å². The number of rotatable bonds is 5. The lowest BCUT2D eigenvalue weighted by Gasteiger charge is -2.37. The molecule has 0 unspecified atom stereocenters. The van der Waals surface area contributed by atoms with Gasteiger partial charge in [-0.2, -0.15) is 4.99 Å². The van der Waals surface area contributed by atoms with Crippen LogP contribution in [-0.2, 0) is 10.3 Å². The Balaban J connectivity index is 1.91. The van der Waals surface area contributed by atoms with E-state index >= 15 is 0 Å². The van der Waals surface area contributed by atoms with Crippen LogP contribution >= 0.6 is 0 Å². The Hall–Kier alpha value is -1.80. The Morgan fingerprint density at radius 2 is 2.05 bits per heavy atom. The molecular weight excluding hydrogens is 254 g/mol. The van der Waals surface area contributed by atoms with E-state index in [0.717, 1.165) is 49.2 Å². The minimum atomic E-state index is -0.383. The SMILES string of the molecule is COc1ccc(C2(N=C=O)CCC2)cc1OC1CCC1. The minimum absolute atomic E-state index is 0.297. The van der Waals surface area contributed by atoms with Gasteiger partial charge < -0.3 is 9.47 Å². The second-order valence-electron chi connectivity index (χ2n) is 5.62. The van der Waals surface area contributed by atoms with Crippen molar-refractivity contribution in [2.24, 2.45) is 4.99 Å². The highest BCUT2D eigenvalue weighted by Gasteiger charge is 2.39. The van der Waals surface area contributed by atoms with Crippen LogP contribution in [0, 0.1) is 0 Å². The number of hydrogen-bond acceptors (Lipinski definition) is 4. The fourth-order valence-electron chi connectivity index (χ4n) is 2.79. The highest BCUT2D eigenvalue weighted by Crippen LogP contribution is 2.47. The summed E-state index contributed by atoms with van der Waals surface area (Å²) in [5, 5.41) is 0. The summed E-state index contributed by atoms with van der Waals surface area (Å²) in [6.45, 7) is 0. The molecule has 2 saturated carbocycles. The smallest absolute Gasteiger partial charge is 0.235 e. The molecule has 1 aromatic carbocycles. The summed E-state index contributed by atoms with van der Waals surface area (Å²) >= 11 is 0. The first-order chi connectivity index (χ1) is 9.77. The number of carbonyl (C=O) groups excluding carboxylic acids is 1. The van der Waals surface area contributed by atoms with Crippen LogP contribution in [-0.4, -0.2) is 19.3 Å². The zero-order valence-corrected chi connectivity index (χ0v) is 11.7. The van der Waals surface area contributed by atoms with Crippen molar-refractivity contribution < 1.29 is 14.3 Å². The molecule has 0 radical (unpaired) electrons. The van der Waals surface area contributed by atoms with Crippen LogP contribution < -0.4 is 9.47 Å². The number of ether oxygens (including phenoxy) is 2. The molecule has 20 heavy (non-hydrogen) atoms. The normalized spacial score (nSPS) is 20.2. The van der Waals surface area contributed by atoms with Gasteiger partial charge >= 0.3 is 0 Å². The van der Waals surface area contributed by atoms with Crippen LogP contribution in [0.25, 0.3) is 0 Å². The molecule has 4 heteroatoms. The molecule has 0 bridgehead atoms. The topological polar surface area (TPSA) is 47.9 Å². The molecule has 2 fully saturated rings. The van der Waals surface area contributed by atoms with Gasteiger partial charge in [-0.25, -0.2) is 4.79 Å². The average Bonchev–Trinajstić information content (AvgIpc) is 2.38. The first kappa shape index (κ1) is 13.2. The Morgan fingerprint density at radius 1 is 1.25 bits per heavy atom. The minimum Gasteiger partial charge on any atom is -0.493 e. The Labute approximate surface area is 118 Å². The summed E-state index contributed by atoms with van der Waals surface area (Å²) in [7, 11) is 1.64. The van der Waals surface area contributed by atoms with Gasteiger partial charge in [0, 0.05) is 0 Å². The number of nitrogens with zero attached hydrogens (tertiary/aromatic N) is 1. The number of hydrogen-bond donors (Lipinski definition) is 0. The fourth-order valence-corrected chi connectivity index (χ4v) is 2.79. The molecule has 0 N–H and O–H groups in total. The van der Waals surface area contributed by atoms with Gasteiger partial charge in [0.1, 0.15) is 0 Å². The molecule has 0 aromatic heterocycles. The molecule has 4 nitrogen and oxygen atoms in total. The molecule has 0 atom stereocenters. The Bertz CT molecular complexity index is 541. The predicted molar refractivity (Wildman–Crippen MR) is 74.9 cm³/mol. The largest absolute Gasteiger partial charge is 0.493 e. The van der Waals surface area contributed by atoms with Crippen LogP contribution in [0.4, 0.5) is 0 Å². The van der Waals surface area contributed by atoms with Gasteiger partial charge in [0.25, 0.3) is 0 Å². The summed E-state index contributed by atoms with van der Waals surface area (Å²) in [6, 6.07) is 5.87. The maximum absolute atomic E-state index is 10.7. The maximum atomic E-state index is 10.7. The van der Waals surface area contributed by atoms with Gasteiger partial charge in [-0.3, -0.25) is 0 Å². The van der Waals surface area contributed by atoms with Gasteiger partial charge in [-0.1, -0.05) is 6.07 Å². The first-order valence-electron chi connectivity index (χ1n) is 7.22. The Kier molecular flexibility index (Phi) is 3.49. The average molecular weight is 273 g/mol. The van der Waals surface area contributed by atoms with Crippen molar-refractivity contribution in [1.29, 1.82) is 0 Å². The molecule has 0 aliphatic heterocycles. The number of methoxy groups -OCH3 is 1. The zero-order chi connectivity index (χ0) is 14.0. The third-order valence-electron chi connectivity index (χ3n) is 4.49. The summed E-state index contributed by atoms with van der Waals surface area (Å²) < 4.78 is 11.4. The first-order valence-corrected chi connectivity index (χ1v) is 7.22. The summed E-state index contributed by atoms with van der Waals surface area (Å²) in [5.74, 6) is 1.51. The second kappa shape index (κ2) is 5.29. The number of isocyanates is 1. The van der Waals surface area contributed by atoms with Gasteiger partial charge in [-0.15, -0.1) is 0 Å². The molecule has 0 heterocycles. The van der Waals surface area contributed by atoms with Crippen molar-refractivity contribution >= 4 is 6.08 Å². The van der Waals surface area contributed by atoms with E-state index in [2.05, 4.69) is 4.99 Å². The summed E-state index contributed by atoms with van der Waals surface area (Å²) in [5.41, 5.74) is 0.647. The predicted octanol–water partition coefficient (Wildman–Crippen LogP) is 3.34. The summed E-state index contributed by atoms with van der Waals surface area (Å²) in [6.07, 6.45) is 8.35. The van der Waals surface area contributed by atoms with Crippen molar-refractivity contribution in [2.45, 2.75) is 50.2 Å². The van der Waals surface area contributed by atoms with E-state index in [1.807, 2.05) is 18.2 Å². The van der Waals surface area contributed by atoms with Gasteiger partial charge in [0.2, 0.25) is 6.08 Å². The van der Waals surface area contributed by atoms with E-state index < -0.39 is 0 Å². The lowest BCUT2D eigenvalue weighted by Crippen LogP contribution is -2.32. The highest BCUT2D eigenvalue weighted by atomic mass is 16.5. The van der Waals surface area contributed by atoms with E-state index in [1.54, 1.807) is 13.2 Å². The number of aliphatic imine (C=N–C) groups is 1. The van der Waals surface area contributed by atoms with Crippen LogP contribution in [0.1, 0.15) is 44.1 Å².